The highest BCUT2D eigenvalue weighted by Crippen LogP contribution is 2.38. The van der Waals surface area contributed by atoms with Gasteiger partial charge in [0.2, 0.25) is 0 Å². The second-order valence-electron chi connectivity index (χ2n) is 10.4. The number of likely N-dealkylation sites (N-methyl/N-ethyl adjacent to an activating group) is 1. The summed E-state index contributed by atoms with van der Waals surface area (Å²) in [6.45, 7) is 7.24. The van der Waals surface area contributed by atoms with Crippen LogP contribution < -0.4 is 14.5 Å². The predicted octanol–water partition coefficient (Wildman–Crippen LogP) is 4.07. The van der Waals surface area contributed by atoms with Gasteiger partial charge in [-0.15, -0.1) is 0 Å². The van der Waals surface area contributed by atoms with Crippen LogP contribution in [0.1, 0.15) is 24.1 Å². The standard InChI is InChI=1S/C28H32ClN5O3S/c1-3-38(35,36)21-15-34(16-21)27-22-12-14-33(25-11-5-8-19-7-4-10-23(29)26(19)25)17-24(22)30-28(31-27)37-18-20-9-6-13-32(20)2/h3-5,7-8,10-11,20-21H,1,6,9,12-18H2,2H3/t20-/m0/s1. The van der Waals surface area contributed by atoms with E-state index in [1.165, 1.54) is 0 Å². The first-order valence-electron chi connectivity index (χ1n) is 13.1. The van der Waals surface area contributed by atoms with Crippen molar-refractivity contribution in [2.45, 2.75) is 37.1 Å². The number of benzene rings is 2. The first-order valence-corrected chi connectivity index (χ1v) is 15.1. The summed E-state index contributed by atoms with van der Waals surface area (Å²) in [4.78, 5) is 16.3. The Balaban J connectivity index is 1.32. The zero-order valence-electron chi connectivity index (χ0n) is 21.5. The molecule has 1 atom stereocenters. The van der Waals surface area contributed by atoms with Crippen molar-refractivity contribution in [2.75, 3.05) is 49.6 Å². The third-order valence-corrected chi connectivity index (χ3v) is 10.1. The molecule has 8 nitrogen and oxygen atoms in total. The average Bonchev–Trinajstić information content (AvgIpc) is 3.30. The fourth-order valence-corrected chi connectivity index (χ4v) is 7.10. The van der Waals surface area contributed by atoms with E-state index in [1.54, 1.807) is 0 Å². The molecule has 38 heavy (non-hydrogen) atoms. The van der Waals surface area contributed by atoms with E-state index >= 15 is 0 Å². The molecule has 0 amide bonds. The maximum atomic E-state index is 12.3. The third-order valence-electron chi connectivity index (χ3n) is 8.12. The number of fused-ring (bicyclic) bond motifs is 2. The summed E-state index contributed by atoms with van der Waals surface area (Å²) in [5, 5.41) is 3.47. The monoisotopic (exact) mass is 553 g/mol. The lowest BCUT2D eigenvalue weighted by molar-refractivity contribution is 0.187. The van der Waals surface area contributed by atoms with Crippen molar-refractivity contribution in [2.24, 2.45) is 0 Å². The van der Waals surface area contributed by atoms with Crippen molar-refractivity contribution in [1.29, 1.82) is 0 Å². The third kappa shape index (κ3) is 4.61. The SMILES string of the molecule is C=CS(=O)(=O)C1CN(c2nc(OC[C@@H]3CCCN3C)nc3c2CCN(c2cccc4cccc(Cl)c24)C3)C1. The summed E-state index contributed by atoms with van der Waals surface area (Å²) < 4.78 is 30.8. The highest BCUT2D eigenvalue weighted by molar-refractivity contribution is 7.95. The van der Waals surface area contributed by atoms with Crippen LogP contribution in [-0.2, 0) is 22.8 Å². The van der Waals surface area contributed by atoms with Crippen molar-refractivity contribution in [3.8, 4) is 6.01 Å². The summed E-state index contributed by atoms with van der Waals surface area (Å²) >= 11 is 6.64. The Kier molecular flexibility index (Phi) is 6.70. The number of hydrogen-bond donors (Lipinski definition) is 0. The molecule has 3 aliphatic heterocycles. The molecule has 4 heterocycles. The maximum Gasteiger partial charge on any atom is 0.318 e. The number of likely N-dealkylation sites (tertiary alicyclic amines) is 1. The van der Waals surface area contributed by atoms with Crippen molar-refractivity contribution in [3.63, 3.8) is 0 Å². The van der Waals surface area contributed by atoms with Crippen LogP contribution in [0, 0.1) is 0 Å². The summed E-state index contributed by atoms with van der Waals surface area (Å²) in [7, 11) is -1.19. The minimum absolute atomic E-state index is 0.346. The van der Waals surface area contributed by atoms with Crippen LogP contribution >= 0.6 is 11.6 Å². The van der Waals surface area contributed by atoms with Gasteiger partial charge in [-0.05, 0) is 50.4 Å². The van der Waals surface area contributed by atoms with Gasteiger partial charge >= 0.3 is 6.01 Å². The molecule has 0 bridgehead atoms. The lowest BCUT2D eigenvalue weighted by Gasteiger charge is -2.41. The van der Waals surface area contributed by atoms with Crippen molar-refractivity contribution < 1.29 is 13.2 Å². The highest BCUT2D eigenvalue weighted by Gasteiger charge is 2.39. The molecule has 6 rings (SSSR count). The van der Waals surface area contributed by atoms with E-state index in [1.807, 2.05) is 17.0 Å². The van der Waals surface area contributed by atoms with E-state index < -0.39 is 15.1 Å². The molecule has 10 heteroatoms. The number of halogens is 1. The molecule has 3 aliphatic rings. The van der Waals surface area contributed by atoms with Crippen molar-refractivity contribution in [3.05, 3.63) is 64.7 Å². The minimum atomic E-state index is -3.31. The van der Waals surface area contributed by atoms with E-state index in [9.17, 15) is 8.42 Å². The van der Waals surface area contributed by atoms with E-state index in [0.717, 1.165) is 76.3 Å². The van der Waals surface area contributed by atoms with Gasteiger partial charge in [-0.25, -0.2) is 8.42 Å². The zero-order chi connectivity index (χ0) is 26.4. The number of ether oxygens (including phenoxy) is 1. The Bertz CT molecular complexity index is 1490. The molecular formula is C28H32ClN5O3S. The van der Waals surface area contributed by atoms with Gasteiger partial charge in [-0.3, -0.25) is 0 Å². The van der Waals surface area contributed by atoms with Crippen LogP contribution in [0.25, 0.3) is 10.8 Å². The Labute approximate surface area is 228 Å². The van der Waals surface area contributed by atoms with E-state index in [2.05, 4.69) is 47.7 Å². The molecule has 2 fully saturated rings. The summed E-state index contributed by atoms with van der Waals surface area (Å²) in [5.74, 6) is 0.788. The van der Waals surface area contributed by atoms with Crippen LogP contribution in [-0.4, -0.2) is 74.4 Å². The van der Waals surface area contributed by atoms with E-state index in [-0.39, 0.29) is 0 Å². The summed E-state index contributed by atoms with van der Waals surface area (Å²) in [6, 6.07) is 12.9. The van der Waals surface area contributed by atoms with Gasteiger partial charge in [-0.2, -0.15) is 9.97 Å². The molecule has 200 valence electrons. The largest absolute Gasteiger partial charge is 0.462 e. The molecule has 0 radical (unpaired) electrons. The predicted molar refractivity (Wildman–Crippen MR) is 152 cm³/mol. The Hall–Kier alpha value is -2.88. The van der Waals surface area contributed by atoms with Gasteiger partial charge < -0.3 is 19.4 Å². The normalized spacial score (nSPS) is 20.4. The van der Waals surface area contributed by atoms with Gasteiger partial charge in [0.15, 0.2) is 9.84 Å². The number of sulfone groups is 1. The molecule has 0 N–H and O–H groups in total. The Morgan fingerprint density at radius 2 is 1.92 bits per heavy atom. The quantitative estimate of drug-likeness (QED) is 0.433. The Morgan fingerprint density at radius 3 is 2.66 bits per heavy atom. The molecule has 2 aromatic carbocycles. The van der Waals surface area contributed by atoms with Crippen LogP contribution in [0.5, 0.6) is 6.01 Å². The lowest BCUT2D eigenvalue weighted by Crippen LogP contribution is -2.55. The van der Waals surface area contributed by atoms with Gasteiger partial charge in [0, 0.05) is 47.7 Å². The fraction of sp³-hybridized carbons (Fsp3) is 0.429. The molecule has 0 aliphatic carbocycles. The first kappa shape index (κ1) is 25.4. The topological polar surface area (TPSA) is 78.9 Å². The van der Waals surface area contributed by atoms with Crippen LogP contribution in [0.3, 0.4) is 0 Å². The van der Waals surface area contributed by atoms with Crippen LogP contribution in [0.2, 0.25) is 5.02 Å². The number of rotatable bonds is 7. The Morgan fingerprint density at radius 1 is 1.13 bits per heavy atom. The fourth-order valence-electron chi connectivity index (χ4n) is 5.78. The number of aromatic nitrogens is 2. The van der Waals surface area contributed by atoms with Gasteiger partial charge in [0.25, 0.3) is 0 Å². The average molecular weight is 554 g/mol. The van der Waals surface area contributed by atoms with Crippen LogP contribution in [0.4, 0.5) is 11.5 Å². The van der Waals surface area contributed by atoms with Crippen molar-refractivity contribution in [1.82, 2.24) is 14.9 Å². The summed E-state index contributed by atoms with van der Waals surface area (Å²) in [6.07, 6.45) is 3.00. The van der Waals surface area contributed by atoms with Crippen LogP contribution in [0.15, 0.2) is 48.4 Å². The zero-order valence-corrected chi connectivity index (χ0v) is 23.1. The van der Waals surface area contributed by atoms with Crippen molar-refractivity contribution >= 4 is 43.7 Å². The van der Waals surface area contributed by atoms with E-state index in [0.29, 0.717) is 38.3 Å². The first-order chi connectivity index (χ1) is 18.3. The number of nitrogens with zero attached hydrogens (tertiary/aromatic N) is 5. The second-order valence-corrected chi connectivity index (χ2v) is 13.0. The lowest BCUT2D eigenvalue weighted by atomic mass is 10.0. The highest BCUT2D eigenvalue weighted by atomic mass is 35.5. The molecule has 1 aromatic heterocycles. The molecule has 0 spiro atoms. The van der Waals surface area contributed by atoms with Gasteiger partial charge in [0.1, 0.15) is 17.7 Å². The van der Waals surface area contributed by atoms with E-state index in [4.69, 9.17) is 26.3 Å². The molecular weight excluding hydrogens is 522 g/mol. The second kappa shape index (κ2) is 10.0. The summed E-state index contributed by atoms with van der Waals surface area (Å²) in [5.41, 5.74) is 3.05. The molecule has 0 unspecified atom stereocenters. The number of anilines is 2. The smallest absolute Gasteiger partial charge is 0.318 e. The minimum Gasteiger partial charge on any atom is -0.462 e. The molecule has 2 saturated heterocycles. The molecule has 0 saturated carbocycles. The number of hydrogen-bond acceptors (Lipinski definition) is 8. The molecule has 3 aromatic rings. The maximum absolute atomic E-state index is 12.3. The van der Waals surface area contributed by atoms with Gasteiger partial charge in [0.05, 0.1) is 17.3 Å². The van der Waals surface area contributed by atoms with Gasteiger partial charge in [-0.1, -0.05) is 42.4 Å².